The van der Waals surface area contributed by atoms with E-state index in [1.807, 2.05) is 6.92 Å². The van der Waals surface area contributed by atoms with Crippen LogP contribution in [0.2, 0.25) is 0 Å². The van der Waals surface area contributed by atoms with Crippen LogP contribution in [-0.2, 0) is 10.0 Å². The van der Waals surface area contributed by atoms with Gasteiger partial charge >= 0.3 is 0 Å². The van der Waals surface area contributed by atoms with Gasteiger partial charge in [-0.3, -0.25) is 4.98 Å². The van der Waals surface area contributed by atoms with E-state index in [9.17, 15) is 8.42 Å². The van der Waals surface area contributed by atoms with E-state index >= 15 is 0 Å². The lowest BCUT2D eigenvalue weighted by Crippen LogP contribution is -2.48. The first-order chi connectivity index (χ1) is 9.05. The number of likely N-dealkylation sites (N-methyl/N-ethyl adjacent to an activating group) is 1. The van der Waals surface area contributed by atoms with Crippen molar-refractivity contribution in [3.8, 4) is 0 Å². The van der Waals surface area contributed by atoms with Crippen molar-refractivity contribution in [2.45, 2.75) is 30.7 Å². The Morgan fingerprint density at radius 2 is 2.32 bits per heavy atom. The first-order valence-corrected chi connectivity index (χ1v) is 8.62. The quantitative estimate of drug-likeness (QED) is 0.898. The predicted molar refractivity (Wildman–Crippen MR) is 77.4 cm³/mol. The van der Waals surface area contributed by atoms with Gasteiger partial charge in [0.1, 0.15) is 4.90 Å². The third-order valence-electron chi connectivity index (χ3n) is 3.28. The molecular formula is C12H18BrN3O2S. The van der Waals surface area contributed by atoms with Gasteiger partial charge in [0.2, 0.25) is 10.0 Å². The average molecular weight is 348 g/mol. The number of hydrogen-bond donors (Lipinski definition) is 1. The van der Waals surface area contributed by atoms with Crippen molar-refractivity contribution in [2.24, 2.45) is 0 Å². The number of hydrogen-bond acceptors (Lipinski definition) is 4. The summed E-state index contributed by atoms with van der Waals surface area (Å²) in [5.41, 5.74) is 0. The fourth-order valence-corrected chi connectivity index (χ4v) is 4.54. The number of aromatic nitrogens is 1. The summed E-state index contributed by atoms with van der Waals surface area (Å²) in [6.07, 6.45) is 4.89. The highest BCUT2D eigenvalue weighted by atomic mass is 79.9. The van der Waals surface area contributed by atoms with E-state index in [1.165, 1.54) is 6.20 Å². The molecule has 0 saturated carbocycles. The maximum absolute atomic E-state index is 12.7. The van der Waals surface area contributed by atoms with Crippen LogP contribution in [0.5, 0.6) is 0 Å². The van der Waals surface area contributed by atoms with Gasteiger partial charge in [-0.05, 0) is 41.4 Å². The zero-order valence-electron chi connectivity index (χ0n) is 10.8. The predicted octanol–water partition coefficient (Wildman–Crippen LogP) is 1.61. The van der Waals surface area contributed by atoms with E-state index in [-0.39, 0.29) is 10.9 Å². The Kier molecular flexibility index (Phi) is 4.94. The van der Waals surface area contributed by atoms with Gasteiger partial charge in [0, 0.05) is 36.0 Å². The molecule has 2 rings (SSSR count). The van der Waals surface area contributed by atoms with Crippen LogP contribution in [0.25, 0.3) is 0 Å². The highest BCUT2D eigenvalue weighted by Gasteiger charge is 2.31. The molecule has 5 nitrogen and oxygen atoms in total. The molecule has 1 aromatic rings. The van der Waals surface area contributed by atoms with Gasteiger partial charge in [0.25, 0.3) is 0 Å². The van der Waals surface area contributed by atoms with E-state index in [4.69, 9.17) is 0 Å². The molecule has 1 aliphatic heterocycles. The van der Waals surface area contributed by atoms with Crippen molar-refractivity contribution >= 4 is 26.0 Å². The number of nitrogens with zero attached hydrogens (tertiary/aromatic N) is 2. The lowest BCUT2D eigenvalue weighted by atomic mass is 10.1. The molecule has 1 saturated heterocycles. The van der Waals surface area contributed by atoms with E-state index in [1.54, 1.807) is 16.6 Å². The molecule has 1 atom stereocenters. The summed E-state index contributed by atoms with van der Waals surface area (Å²) in [6.45, 7) is 4.03. The third-order valence-corrected chi connectivity index (χ3v) is 5.70. The Hall–Kier alpha value is -0.500. The average Bonchev–Trinajstić information content (AvgIpc) is 2.40. The number of pyridine rings is 1. The molecule has 0 aromatic carbocycles. The smallest absolute Gasteiger partial charge is 0.244 e. The summed E-state index contributed by atoms with van der Waals surface area (Å²) in [5, 5.41) is 3.25. The largest absolute Gasteiger partial charge is 0.315 e. The van der Waals surface area contributed by atoms with Gasteiger partial charge in [-0.1, -0.05) is 6.92 Å². The van der Waals surface area contributed by atoms with Crippen LogP contribution in [-0.4, -0.2) is 43.4 Å². The molecule has 1 N–H and O–H groups in total. The second kappa shape index (κ2) is 6.30. The summed E-state index contributed by atoms with van der Waals surface area (Å²) >= 11 is 3.26. The van der Waals surface area contributed by atoms with E-state index < -0.39 is 10.0 Å². The summed E-state index contributed by atoms with van der Waals surface area (Å²) < 4.78 is 27.5. The van der Waals surface area contributed by atoms with Crippen molar-refractivity contribution in [1.29, 1.82) is 0 Å². The van der Waals surface area contributed by atoms with Crippen LogP contribution in [0.3, 0.4) is 0 Å². The maximum Gasteiger partial charge on any atom is 0.244 e. The first-order valence-electron chi connectivity index (χ1n) is 6.39. The summed E-state index contributed by atoms with van der Waals surface area (Å²) in [7, 11) is -3.47. The number of nitrogens with one attached hydrogen (secondary N) is 1. The van der Waals surface area contributed by atoms with Crippen LogP contribution in [0.1, 0.15) is 19.8 Å². The Morgan fingerprint density at radius 1 is 1.53 bits per heavy atom. The second-order valence-corrected chi connectivity index (χ2v) is 7.35. The lowest BCUT2D eigenvalue weighted by molar-refractivity contribution is 0.274. The molecule has 0 radical (unpaired) electrons. The van der Waals surface area contributed by atoms with Crippen molar-refractivity contribution in [1.82, 2.24) is 14.6 Å². The van der Waals surface area contributed by atoms with Gasteiger partial charge in [0.05, 0.1) is 0 Å². The molecule has 1 aliphatic rings. The molecule has 1 fully saturated rings. The Balaban J connectivity index is 2.30. The summed E-state index contributed by atoms with van der Waals surface area (Å²) in [4.78, 5) is 4.19. The van der Waals surface area contributed by atoms with Crippen molar-refractivity contribution in [2.75, 3.05) is 19.6 Å². The molecule has 0 spiro atoms. The van der Waals surface area contributed by atoms with Crippen LogP contribution in [0.4, 0.5) is 0 Å². The highest BCUT2D eigenvalue weighted by molar-refractivity contribution is 9.10. The Labute approximate surface area is 122 Å². The van der Waals surface area contributed by atoms with Crippen LogP contribution >= 0.6 is 15.9 Å². The fraction of sp³-hybridized carbons (Fsp3) is 0.583. The summed E-state index contributed by atoms with van der Waals surface area (Å²) in [5.74, 6) is 0. The molecule has 0 aliphatic carbocycles. The zero-order chi connectivity index (χ0) is 13.9. The Bertz CT molecular complexity index is 530. The number of halogens is 1. The van der Waals surface area contributed by atoms with Crippen LogP contribution in [0.15, 0.2) is 27.8 Å². The normalized spacial score (nSPS) is 20.7. The Morgan fingerprint density at radius 3 is 2.89 bits per heavy atom. The topological polar surface area (TPSA) is 62.3 Å². The van der Waals surface area contributed by atoms with Gasteiger partial charge < -0.3 is 5.32 Å². The fourth-order valence-electron chi connectivity index (χ4n) is 2.37. The minimum absolute atomic E-state index is 0.0303. The number of rotatable bonds is 4. The van der Waals surface area contributed by atoms with Gasteiger partial charge in [0.15, 0.2) is 0 Å². The number of piperidine rings is 1. The first kappa shape index (κ1) is 14.9. The van der Waals surface area contributed by atoms with Crippen molar-refractivity contribution < 1.29 is 8.42 Å². The molecule has 1 unspecified atom stereocenters. The minimum Gasteiger partial charge on any atom is -0.315 e. The van der Waals surface area contributed by atoms with Gasteiger partial charge in [-0.25, -0.2) is 8.42 Å². The molecule has 19 heavy (non-hydrogen) atoms. The van der Waals surface area contributed by atoms with Gasteiger partial charge in [-0.2, -0.15) is 4.31 Å². The molecule has 106 valence electrons. The maximum atomic E-state index is 12.7. The molecule has 0 amide bonds. The van der Waals surface area contributed by atoms with Crippen LogP contribution in [0, 0.1) is 0 Å². The molecular weight excluding hydrogens is 330 g/mol. The zero-order valence-corrected chi connectivity index (χ0v) is 13.2. The van der Waals surface area contributed by atoms with E-state index in [0.717, 1.165) is 19.4 Å². The highest BCUT2D eigenvalue weighted by Crippen LogP contribution is 2.22. The minimum atomic E-state index is -3.47. The standard InChI is InChI=1S/C12H18BrN3O2S/c1-2-16(11-4-3-5-14-8-11)19(17,18)12-6-10(13)7-15-9-12/h6-7,9,11,14H,2-5,8H2,1H3. The lowest BCUT2D eigenvalue weighted by Gasteiger charge is -2.32. The second-order valence-electron chi connectivity index (χ2n) is 4.55. The van der Waals surface area contributed by atoms with Gasteiger partial charge in [-0.15, -0.1) is 0 Å². The van der Waals surface area contributed by atoms with Crippen LogP contribution < -0.4 is 5.32 Å². The molecule has 7 heteroatoms. The summed E-state index contributed by atoms with van der Waals surface area (Å²) in [6, 6.07) is 1.63. The SMILES string of the molecule is CCN(C1CCCNC1)S(=O)(=O)c1cncc(Br)c1. The van der Waals surface area contributed by atoms with Crippen molar-refractivity contribution in [3.05, 3.63) is 22.9 Å². The molecule has 1 aromatic heterocycles. The molecule has 0 bridgehead atoms. The third kappa shape index (κ3) is 3.34. The monoisotopic (exact) mass is 347 g/mol. The number of sulfonamides is 1. The van der Waals surface area contributed by atoms with E-state index in [2.05, 4.69) is 26.2 Å². The molecule has 2 heterocycles. The van der Waals surface area contributed by atoms with Crippen molar-refractivity contribution in [3.63, 3.8) is 0 Å². The van der Waals surface area contributed by atoms with E-state index in [0.29, 0.717) is 17.6 Å².